The third kappa shape index (κ3) is 2.70. The average Bonchev–Trinajstić information content (AvgIpc) is 3.27. The second kappa shape index (κ2) is 5.64. The van der Waals surface area contributed by atoms with E-state index < -0.39 is 0 Å². The van der Waals surface area contributed by atoms with Crippen LogP contribution in [0.3, 0.4) is 0 Å². The summed E-state index contributed by atoms with van der Waals surface area (Å²) in [5.41, 5.74) is 1.90. The Morgan fingerprint density at radius 1 is 1.26 bits per heavy atom. The van der Waals surface area contributed by atoms with Crippen LogP contribution in [0.1, 0.15) is 24.8 Å². The van der Waals surface area contributed by atoms with Crippen molar-refractivity contribution >= 4 is 0 Å². The summed E-state index contributed by atoms with van der Waals surface area (Å²) in [6, 6.07) is 10.9. The molecule has 1 saturated carbocycles. The standard InChI is InChI=1S/C17H25NO/c1-19-13-17(15-7-8-15)9-10-18-12-16(17)11-14-5-3-2-4-6-14/h2-6,15-16,18H,7-13H2,1H3. The third-order valence-corrected chi connectivity index (χ3v) is 5.10. The molecule has 2 atom stereocenters. The minimum Gasteiger partial charge on any atom is -0.384 e. The van der Waals surface area contributed by atoms with Crippen LogP contribution < -0.4 is 5.32 Å². The molecule has 104 valence electrons. The van der Waals surface area contributed by atoms with Gasteiger partial charge in [-0.1, -0.05) is 30.3 Å². The average molecular weight is 259 g/mol. The predicted octanol–water partition coefficient (Wildman–Crippen LogP) is 2.88. The van der Waals surface area contributed by atoms with Crippen molar-refractivity contribution in [2.75, 3.05) is 26.8 Å². The van der Waals surface area contributed by atoms with E-state index in [2.05, 4.69) is 35.6 Å². The first-order chi connectivity index (χ1) is 9.35. The molecule has 1 aliphatic heterocycles. The molecule has 0 bridgehead atoms. The maximum Gasteiger partial charge on any atom is 0.0525 e. The fourth-order valence-corrected chi connectivity index (χ4v) is 3.95. The van der Waals surface area contributed by atoms with Gasteiger partial charge in [0.2, 0.25) is 0 Å². The summed E-state index contributed by atoms with van der Waals surface area (Å²) in [5.74, 6) is 1.62. The highest BCUT2D eigenvalue weighted by atomic mass is 16.5. The van der Waals surface area contributed by atoms with E-state index in [4.69, 9.17) is 4.74 Å². The summed E-state index contributed by atoms with van der Waals surface area (Å²) in [6.45, 7) is 3.25. The molecular weight excluding hydrogens is 234 g/mol. The molecule has 0 spiro atoms. The molecule has 1 aromatic carbocycles. The summed E-state index contributed by atoms with van der Waals surface area (Å²) >= 11 is 0. The maximum atomic E-state index is 5.63. The zero-order chi connectivity index (χ0) is 13.1. The minimum atomic E-state index is 0.426. The topological polar surface area (TPSA) is 21.3 Å². The Morgan fingerprint density at radius 3 is 2.74 bits per heavy atom. The Hall–Kier alpha value is -0.860. The van der Waals surface area contributed by atoms with E-state index in [1.807, 2.05) is 7.11 Å². The van der Waals surface area contributed by atoms with Crippen molar-refractivity contribution in [3.05, 3.63) is 35.9 Å². The number of rotatable bonds is 5. The van der Waals surface area contributed by atoms with Gasteiger partial charge in [0.25, 0.3) is 0 Å². The molecule has 0 radical (unpaired) electrons. The Kier molecular flexibility index (Phi) is 3.90. The predicted molar refractivity (Wildman–Crippen MR) is 78.2 cm³/mol. The van der Waals surface area contributed by atoms with E-state index in [-0.39, 0.29) is 0 Å². The normalized spacial score (nSPS) is 31.3. The lowest BCUT2D eigenvalue weighted by molar-refractivity contribution is -0.00968. The van der Waals surface area contributed by atoms with Gasteiger partial charge in [0.15, 0.2) is 0 Å². The van der Waals surface area contributed by atoms with Crippen LogP contribution in [0.5, 0.6) is 0 Å². The van der Waals surface area contributed by atoms with Crippen LogP contribution in [0.15, 0.2) is 30.3 Å². The summed E-state index contributed by atoms with van der Waals surface area (Å²) in [4.78, 5) is 0. The lowest BCUT2D eigenvalue weighted by Gasteiger charge is -2.45. The van der Waals surface area contributed by atoms with E-state index in [9.17, 15) is 0 Å². The van der Waals surface area contributed by atoms with Crippen LogP contribution in [0.2, 0.25) is 0 Å². The van der Waals surface area contributed by atoms with Crippen molar-refractivity contribution in [1.29, 1.82) is 0 Å². The molecule has 0 amide bonds. The number of nitrogens with one attached hydrogen (secondary N) is 1. The number of ether oxygens (including phenoxy) is 1. The first-order valence-corrected chi connectivity index (χ1v) is 7.59. The first kappa shape index (κ1) is 13.1. The van der Waals surface area contributed by atoms with Crippen molar-refractivity contribution in [2.45, 2.75) is 25.7 Å². The van der Waals surface area contributed by atoms with E-state index in [1.54, 1.807) is 0 Å². The minimum absolute atomic E-state index is 0.426. The van der Waals surface area contributed by atoms with Crippen LogP contribution in [-0.4, -0.2) is 26.8 Å². The van der Waals surface area contributed by atoms with Gasteiger partial charge < -0.3 is 10.1 Å². The van der Waals surface area contributed by atoms with Gasteiger partial charge in [-0.15, -0.1) is 0 Å². The molecule has 1 N–H and O–H groups in total. The highest BCUT2D eigenvalue weighted by Gasteiger charge is 2.50. The van der Waals surface area contributed by atoms with Gasteiger partial charge >= 0.3 is 0 Å². The smallest absolute Gasteiger partial charge is 0.0525 e. The van der Waals surface area contributed by atoms with Crippen molar-refractivity contribution in [2.24, 2.45) is 17.3 Å². The molecule has 1 aromatic rings. The van der Waals surface area contributed by atoms with Crippen LogP contribution in [0.4, 0.5) is 0 Å². The molecule has 1 heterocycles. The van der Waals surface area contributed by atoms with E-state index in [0.717, 1.165) is 31.5 Å². The third-order valence-electron chi connectivity index (χ3n) is 5.10. The monoisotopic (exact) mass is 259 g/mol. The molecule has 2 fully saturated rings. The SMILES string of the molecule is COCC1(C2CC2)CCNCC1Cc1ccccc1. The van der Waals surface area contributed by atoms with Crippen molar-refractivity contribution in [3.63, 3.8) is 0 Å². The van der Waals surface area contributed by atoms with Crippen molar-refractivity contribution in [1.82, 2.24) is 5.32 Å². The van der Waals surface area contributed by atoms with Crippen LogP contribution in [0.25, 0.3) is 0 Å². The van der Waals surface area contributed by atoms with Crippen LogP contribution in [-0.2, 0) is 11.2 Å². The Morgan fingerprint density at radius 2 is 2.05 bits per heavy atom. The fourth-order valence-electron chi connectivity index (χ4n) is 3.95. The van der Waals surface area contributed by atoms with Gasteiger partial charge in [-0.25, -0.2) is 0 Å². The van der Waals surface area contributed by atoms with E-state index >= 15 is 0 Å². The van der Waals surface area contributed by atoms with Crippen molar-refractivity contribution in [3.8, 4) is 0 Å². The molecule has 0 aromatic heterocycles. The zero-order valence-corrected chi connectivity index (χ0v) is 11.9. The molecule has 2 unspecified atom stereocenters. The largest absolute Gasteiger partial charge is 0.384 e. The summed E-state index contributed by atoms with van der Waals surface area (Å²) in [5, 5.41) is 3.60. The Bertz CT molecular complexity index is 397. The number of hydrogen-bond acceptors (Lipinski definition) is 2. The quantitative estimate of drug-likeness (QED) is 0.878. The highest BCUT2D eigenvalue weighted by molar-refractivity contribution is 5.17. The number of methoxy groups -OCH3 is 1. The Balaban J connectivity index is 1.79. The molecule has 1 saturated heterocycles. The molecule has 2 nitrogen and oxygen atoms in total. The number of benzene rings is 1. The summed E-state index contributed by atoms with van der Waals surface area (Å²) in [7, 11) is 1.87. The molecule has 2 heteroatoms. The van der Waals surface area contributed by atoms with Gasteiger partial charge in [-0.3, -0.25) is 0 Å². The van der Waals surface area contributed by atoms with Gasteiger partial charge in [0.1, 0.15) is 0 Å². The highest BCUT2D eigenvalue weighted by Crippen LogP contribution is 2.54. The van der Waals surface area contributed by atoms with Gasteiger partial charge in [-0.05, 0) is 56.2 Å². The fraction of sp³-hybridized carbons (Fsp3) is 0.647. The second-order valence-corrected chi connectivity index (χ2v) is 6.28. The van der Waals surface area contributed by atoms with Crippen molar-refractivity contribution < 1.29 is 4.74 Å². The van der Waals surface area contributed by atoms with E-state index in [0.29, 0.717) is 5.41 Å². The summed E-state index contributed by atoms with van der Waals surface area (Å²) < 4.78 is 5.63. The zero-order valence-electron chi connectivity index (χ0n) is 11.9. The second-order valence-electron chi connectivity index (χ2n) is 6.28. The van der Waals surface area contributed by atoms with Gasteiger partial charge in [-0.2, -0.15) is 0 Å². The summed E-state index contributed by atoms with van der Waals surface area (Å²) in [6.07, 6.45) is 5.29. The Labute approximate surface area is 116 Å². The maximum absolute atomic E-state index is 5.63. The van der Waals surface area contributed by atoms with Gasteiger partial charge in [0, 0.05) is 12.5 Å². The first-order valence-electron chi connectivity index (χ1n) is 7.59. The molecule has 3 rings (SSSR count). The van der Waals surface area contributed by atoms with Crippen LogP contribution in [0, 0.1) is 17.3 Å². The molecule has 2 aliphatic rings. The van der Waals surface area contributed by atoms with Crippen LogP contribution >= 0.6 is 0 Å². The van der Waals surface area contributed by atoms with E-state index in [1.165, 1.54) is 31.2 Å². The van der Waals surface area contributed by atoms with Gasteiger partial charge in [0.05, 0.1) is 6.61 Å². The molecular formula is C17H25NO. The molecule has 1 aliphatic carbocycles. The molecule has 19 heavy (non-hydrogen) atoms. The lowest BCUT2D eigenvalue weighted by Crippen LogP contribution is -2.49. The number of piperidine rings is 1. The lowest BCUT2D eigenvalue weighted by atomic mass is 9.65. The number of hydrogen-bond donors (Lipinski definition) is 1.